The molecule has 4 heterocycles. The first-order chi connectivity index (χ1) is 14.2. The zero-order chi connectivity index (χ0) is 19.8. The van der Waals surface area contributed by atoms with Crippen LogP contribution < -0.4 is 4.90 Å². The van der Waals surface area contributed by atoms with E-state index in [4.69, 9.17) is 4.98 Å². The normalized spacial score (nSPS) is 21.3. The number of fused-ring (bicyclic) bond motifs is 1. The van der Waals surface area contributed by atoms with Crippen LogP contribution in [-0.4, -0.2) is 59.0 Å². The summed E-state index contributed by atoms with van der Waals surface area (Å²) in [4.78, 5) is 12.3. The van der Waals surface area contributed by atoms with E-state index in [9.17, 15) is 4.39 Å². The van der Waals surface area contributed by atoms with Gasteiger partial charge in [-0.05, 0) is 49.7 Å². The lowest BCUT2D eigenvalue weighted by atomic mass is 10.1. The van der Waals surface area contributed by atoms with Gasteiger partial charge in [-0.2, -0.15) is 0 Å². The fourth-order valence-electron chi connectivity index (χ4n) is 4.62. The molecule has 5 nitrogen and oxygen atoms in total. The number of benzene rings is 1. The number of aromatic nitrogens is 2. The summed E-state index contributed by atoms with van der Waals surface area (Å²) in [7, 11) is 2.19. The molecule has 2 aromatic heterocycles. The van der Waals surface area contributed by atoms with E-state index in [0.29, 0.717) is 0 Å². The number of likely N-dealkylation sites (N-methyl/N-ethyl adjacent to an activating group) is 1. The maximum absolute atomic E-state index is 13.2. The Balaban J connectivity index is 1.39. The van der Waals surface area contributed by atoms with Crippen LogP contribution in [-0.2, 0) is 6.54 Å². The summed E-state index contributed by atoms with van der Waals surface area (Å²) in [6.07, 6.45) is 4.76. The average molecular weight is 394 g/mol. The zero-order valence-corrected chi connectivity index (χ0v) is 17.0. The van der Waals surface area contributed by atoms with Crippen molar-refractivity contribution < 1.29 is 4.39 Å². The van der Waals surface area contributed by atoms with E-state index >= 15 is 0 Å². The molecular formula is C23H28FN5. The van der Waals surface area contributed by atoms with Crippen LogP contribution in [0.25, 0.3) is 5.65 Å². The van der Waals surface area contributed by atoms with Crippen LogP contribution in [0.1, 0.15) is 30.1 Å². The SMILES string of the molecule is CN1CCN(Cc2ccc(F)cc2)C[C@H]1c1cn2c(N3CCCC3)cccc2n1. The second-order valence-corrected chi connectivity index (χ2v) is 8.33. The highest BCUT2D eigenvalue weighted by Gasteiger charge is 2.28. The van der Waals surface area contributed by atoms with Gasteiger partial charge in [-0.15, -0.1) is 0 Å². The number of nitrogens with zero attached hydrogens (tertiary/aromatic N) is 5. The van der Waals surface area contributed by atoms with Gasteiger partial charge >= 0.3 is 0 Å². The molecule has 3 aromatic rings. The quantitative estimate of drug-likeness (QED) is 0.677. The summed E-state index contributed by atoms with van der Waals surface area (Å²) >= 11 is 0. The van der Waals surface area contributed by atoms with Gasteiger partial charge in [-0.3, -0.25) is 14.2 Å². The van der Waals surface area contributed by atoms with Gasteiger partial charge in [-0.1, -0.05) is 18.2 Å². The van der Waals surface area contributed by atoms with Crippen molar-refractivity contribution in [3.05, 3.63) is 65.7 Å². The van der Waals surface area contributed by atoms with Gasteiger partial charge < -0.3 is 4.90 Å². The third-order valence-corrected chi connectivity index (χ3v) is 6.31. The van der Waals surface area contributed by atoms with E-state index in [1.807, 2.05) is 12.1 Å². The topological polar surface area (TPSA) is 27.0 Å². The Kier molecular flexibility index (Phi) is 4.97. The van der Waals surface area contributed by atoms with Gasteiger partial charge in [0.2, 0.25) is 0 Å². The van der Waals surface area contributed by atoms with Gasteiger partial charge in [-0.25, -0.2) is 9.37 Å². The lowest BCUT2D eigenvalue weighted by Crippen LogP contribution is -2.46. The van der Waals surface area contributed by atoms with Crippen LogP contribution in [0.5, 0.6) is 0 Å². The summed E-state index contributed by atoms with van der Waals surface area (Å²) in [5.41, 5.74) is 3.30. The second kappa shape index (κ2) is 7.76. The minimum atomic E-state index is -0.177. The van der Waals surface area contributed by atoms with Crippen LogP contribution >= 0.6 is 0 Å². The molecule has 2 aliphatic heterocycles. The molecule has 0 saturated carbocycles. The van der Waals surface area contributed by atoms with Crippen molar-refractivity contribution in [2.45, 2.75) is 25.4 Å². The number of imidazole rings is 1. The van der Waals surface area contributed by atoms with E-state index < -0.39 is 0 Å². The molecule has 0 aliphatic carbocycles. The monoisotopic (exact) mass is 393 g/mol. The summed E-state index contributed by atoms with van der Waals surface area (Å²) in [6, 6.07) is 13.5. The lowest BCUT2D eigenvalue weighted by molar-refractivity contribution is 0.0885. The van der Waals surface area contributed by atoms with Gasteiger partial charge in [0.15, 0.2) is 0 Å². The summed E-state index contributed by atoms with van der Waals surface area (Å²) in [5.74, 6) is 1.07. The number of pyridine rings is 1. The molecule has 0 radical (unpaired) electrons. The third kappa shape index (κ3) is 3.74. The van der Waals surface area contributed by atoms with Crippen molar-refractivity contribution in [2.75, 3.05) is 44.7 Å². The Labute approximate surface area is 171 Å². The Morgan fingerprint density at radius 2 is 1.79 bits per heavy atom. The molecule has 0 amide bonds. The van der Waals surface area contributed by atoms with Crippen LogP contribution in [0.2, 0.25) is 0 Å². The molecule has 2 fully saturated rings. The molecule has 0 N–H and O–H groups in total. The molecule has 1 aromatic carbocycles. The second-order valence-electron chi connectivity index (χ2n) is 8.33. The van der Waals surface area contributed by atoms with Crippen LogP contribution in [0.4, 0.5) is 10.2 Å². The molecule has 0 spiro atoms. The number of halogens is 1. The summed E-state index contributed by atoms with van der Waals surface area (Å²) in [6.45, 7) is 6.03. The molecule has 2 aliphatic rings. The van der Waals surface area contributed by atoms with E-state index in [2.05, 4.69) is 50.5 Å². The number of anilines is 1. The predicted octanol–water partition coefficient (Wildman–Crippen LogP) is 3.56. The first kappa shape index (κ1) is 18.6. The number of piperazine rings is 1. The van der Waals surface area contributed by atoms with E-state index in [0.717, 1.165) is 56.2 Å². The maximum atomic E-state index is 13.2. The van der Waals surface area contributed by atoms with E-state index in [1.165, 1.54) is 18.7 Å². The van der Waals surface area contributed by atoms with Crippen LogP contribution in [0.15, 0.2) is 48.7 Å². The Bertz CT molecular complexity index is 977. The van der Waals surface area contributed by atoms with Gasteiger partial charge in [0, 0.05) is 45.5 Å². The highest BCUT2D eigenvalue weighted by atomic mass is 19.1. The minimum absolute atomic E-state index is 0.177. The first-order valence-electron chi connectivity index (χ1n) is 10.6. The molecule has 152 valence electrons. The summed E-state index contributed by atoms with van der Waals surface area (Å²) < 4.78 is 15.5. The molecule has 0 unspecified atom stereocenters. The highest BCUT2D eigenvalue weighted by Crippen LogP contribution is 2.28. The van der Waals surface area contributed by atoms with E-state index in [-0.39, 0.29) is 11.9 Å². The number of hydrogen-bond acceptors (Lipinski definition) is 4. The smallest absolute Gasteiger partial charge is 0.138 e. The van der Waals surface area contributed by atoms with Crippen LogP contribution in [0, 0.1) is 5.82 Å². The minimum Gasteiger partial charge on any atom is -0.358 e. The molecule has 29 heavy (non-hydrogen) atoms. The van der Waals surface area contributed by atoms with Crippen molar-refractivity contribution in [3.63, 3.8) is 0 Å². The Morgan fingerprint density at radius 3 is 2.59 bits per heavy atom. The predicted molar refractivity (Wildman–Crippen MR) is 114 cm³/mol. The number of rotatable bonds is 4. The standard InChI is InChI=1S/C23H28FN5/c1-26-13-14-27(15-18-7-9-19(24)10-8-18)17-21(26)20-16-29-22(25-20)5-4-6-23(29)28-11-2-3-12-28/h4-10,16,21H,2-3,11-15,17H2,1H3/t21-/m0/s1. The fraction of sp³-hybridized carbons (Fsp3) is 0.435. The largest absolute Gasteiger partial charge is 0.358 e. The Morgan fingerprint density at radius 1 is 1.00 bits per heavy atom. The molecule has 6 heteroatoms. The molecule has 5 rings (SSSR count). The van der Waals surface area contributed by atoms with Gasteiger partial charge in [0.25, 0.3) is 0 Å². The van der Waals surface area contributed by atoms with Crippen molar-refractivity contribution in [2.24, 2.45) is 0 Å². The molecule has 0 bridgehead atoms. The van der Waals surface area contributed by atoms with Gasteiger partial charge in [0.05, 0.1) is 11.7 Å². The van der Waals surface area contributed by atoms with Crippen molar-refractivity contribution in [3.8, 4) is 0 Å². The van der Waals surface area contributed by atoms with Gasteiger partial charge in [0.1, 0.15) is 17.3 Å². The molecular weight excluding hydrogens is 365 g/mol. The van der Waals surface area contributed by atoms with Crippen LogP contribution in [0.3, 0.4) is 0 Å². The Hall–Kier alpha value is -2.44. The average Bonchev–Trinajstić information content (AvgIpc) is 3.40. The van der Waals surface area contributed by atoms with Crippen molar-refractivity contribution in [1.82, 2.24) is 19.2 Å². The third-order valence-electron chi connectivity index (χ3n) is 6.31. The van der Waals surface area contributed by atoms with Crippen molar-refractivity contribution in [1.29, 1.82) is 0 Å². The highest BCUT2D eigenvalue weighted by molar-refractivity contribution is 5.53. The number of hydrogen-bond donors (Lipinski definition) is 0. The van der Waals surface area contributed by atoms with E-state index in [1.54, 1.807) is 12.1 Å². The zero-order valence-electron chi connectivity index (χ0n) is 17.0. The maximum Gasteiger partial charge on any atom is 0.138 e. The van der Waals surface area contributed by atoms with Crippen molar-refractivity contribution >= 4 is 11.5 Å². The molecule has 1 atom stereocenters. The lowest BCUT2D eigenvalue weighted by Gasteiger charge is -2.38. The first-order valence-corrected chi connectivity index (χ1v) is 10.6. The fourth-order valence-corrected chi connectivity index (χ4v) is 4.62. The molecule has 2 saturated heterocycles. The summed E-state index contributed by atoms with van der Waals surface area (Å²) in [5, 5.41) is 0.